The van der Waals surface area contributed by atoms with E-state index in [-0.39, 0.29) is 6.01 Å². The van der Waals surface area contributed by atoms with E-state index >= 15 is 0 Å². The second-order valence-electron chi connectivity index (χ2n) is 6.55. The van der Waals surface area contributed by atoms with Gasteiger partial charge in [-0.25, -0.2) is 14.6 Å². The number of fused-ring (bicyclic) bond motifs is 1. The molecule has 11 nitrogen and oxygen atoms in total. The molecule has 0 bridgehead atoms. The minimum Gasteiger partial charge on any atom is -0.481 e. The largest absolute Gasteiger partial charge is 0.481 e. The van der Waals surface area contributed by atoms with Crippen molar-refractivity contribution in [1.29, 1.82) is 0 Å². The molecule has 2 amide bonds. The molecule has 0 radical (unpaired) electrons. The first-order valence-corrected chi connectivity index (χ1v) is 11.1. The van der Waals surface area contributed by atoms with E-state index in [4.69, 9.17) is 14.2 Å². The number of hydrogen-bond acceptors (Lipinski definition) is 11. The fourth-order valence-electron chi connectivity index (χ4n) is 3.10. The van der Waals surface area contributed by atoms with Crippen LogP contribution >= 0.6 is 22.7 Å². The predicted octanol–water partition coefficient (Wildman–Crippen LogP) is 3.01. The highest BCUT2D eigenvalue weighted by molar-refractivity contribution is 7.16. The molecule has 1 aliphatic rings. The molecular formula is C19H20N6O5S2. The van der Waals surface area contributed by atoms with Crippen LogP contribution < -0.4 is 25.0 Å². The van der Waals surface area contributed by atoms with Crippen molar-refractivity contribution in [1.82, 2.24) is 15.0 Å². The average Bonchev–Trinajstić information content (AvgIpc) is 3.43. The molecule has 0 spiro atoms. The maximum Gasteiger partial charge on any atom is 0.340 e. The van der Waals surface area contributed by atoms with Gasteiger partial charge in [0.05, 0.1) is 39.1 Å². The van der Waals surface area contributed by atoms with Crippen molar-refractivity contribution >= 4 is 50.6 Å². The summed E-state index contributed by atoms with van der Waals surface area (Å²) in [5.74, 6) is 0.596. The molecule has 168 valence electrons. The number of anilines is 3. The third-order valence-electron chi connectivity index (χ3n) is 4.63. The van der Waals surface area contributed by atoms with Crippen LogP contribution in [0.25, 0.3) is 0 Å². The van der Waals surface area contributed by atoms with Gasteiger partial charge in [-0.3, -0.25) is 10.6 Å². The molecule has 1 aliphatic heterocycles. The second-order valence-corrected chi connectivity index (χ2v) is 8.55. The Bertz CT molecular complexity index is 1120. The number of ether oxygens (including phenoxy) is 3. The van der Waals surface area contributed by atoms with Crippen LogP contribution in [0.15, 0.2) is 17.5 Å². The molecule has 4 heterocycles. The SMILES string of the molecule is COC(=O)c1ccsc1NC(=O)Nc1nc2c(s1)CN(c1cc(OC)nc(OC)n1)CC2. The average molecular weight is 477 g/mol. The molecule has 0 saturated heterocycles. The van der Waals surface area contributed by atoms with Gasteiger partial charge in [0.15, 0.2) is 5.13 Å². The van der Waals surface area contributed by atoms with Crippen molar-refractivity contribution in [2.45, 2.75) is 13.0 Å². The number of nitrogens with one attached hydrogen (secondary N) is 2. The Morgan fingerprint density at radius 1 is 1.12 bits per heavy atom. The molecule has 3 aromatic rings. The quantitative estimate of drug-likeness (QED) is 0.516. The van der Waals surface area contributed by atoms with Gasteiger partial charge in [-0.15, -0.1) is 11.3 Å². The summed E-state index contributed by atoms with van der Waals surface area (Å²) in [7, 11) is 4.33. The van der Waals surface area contributed by atoms with Gasteiger partial charge < -0.3 is 19.1 Å². The summed E-state index contributed by atoms with van der Waals surface area (Å²) < 4.78 is 15.1. The molecule has 2 N–H and O–H groups in total. The number of amides is 2. The Kier molecular flexibility index (Phi) is 6.37. The van der Waals surface area contributed by atoms with E-state index in [1.165, 1.54) is 44.0 Å². The van der Waals surface area contributed by atoms with Crippen LogP contribution in [0.5, 0.6) is 11.9 Å². The number of rotatable bonds is 6. The molecule has 13 heteroatoms. The highest BCUT2D eigenvalue weighted by atomic mass is 32.1. The number of carbonyl (C=O) groups excluding carboxylic acids is 2. The van der Waals surface area contributed by atoms with Crippen LogP contribution in [-0.4, -0.2) is 54.8 Å². The molecule has 0 unspecified atom stereocenters. The molecular weight excluding hydrogens is 456 g/mol. The van der Waals surface area contributed by atoms with E-state index in [1.807, 2.05) is 0 Å². The second kappa shape index (κ2) is 9.36. The maximum absolute atomic E-state index is 12.4. The number of methoxy groups -OCH3 is 3. The molecule has 32 heavy (non-hydrogen) atoms. The minimum absolute atomic E-state index is 0.230. The number of urea groups is 1. The van der Waals surface area contributed by atoms with Gasteiger partial charge in [-0.1, -0.05) is 11.3 Å². The van der Waals surface area contributed by atoms with Gasteiger partial charge in [0.1, 0.15) is 10.8 Å². The van der Waals surface area contributed by atoms with Crippen molar-refractivity contribution in [3.8, 4) is 11.9 Å². The Balaban J connectivity index is 1.44. The van der Waals surface area contributed by atoms with E-state index in [0.717, 1.165) is 10.6 Å². The zero-order valence-electron chi connectivity index (χ0n) is 17.5. The third kappa shape index (κ3) is 4.57. The maximum atomic E-state index is 12.4. The summed E-state index contributed by atoms with van der Waals surface area (Å²) in [5, 5.41) is 8.00. The summed E-state index contributed by atoms with van der Waals surface area (Å²) >= 11 is 2.63. The molecule has 0 aliphatic carbocycles. The number of nitrogens with zero attached hydrogens (tertiary/aromatic N) is 4. The highest BCUT2D eigenvalue weighted by Crippen LogP contribution is 2.32. The Morgan fingerprint density at radius 2 is 1.97 bits per heavy atom. The van der Waals surface area contributed by atoms with E-state index in [9.17, 15) is 9.59 Å². The number of thiophene rings is 1. The number of carbonyl (C=O) groups is 2. The molecule has 0 aromatic carbocycles. The number of hydrogen-bond donors (Lipinski definition) is 2. The Labute approximate surface area is 191 Å². The van der Waals surface area contributed by atoms with Gasteiger partial charge in [0.2, 0.25) is 5.88 Å². The van der Waals surface area contributed by atoms with Crippen LogP contribution in [0.4, 0.5) is 20.7 Å². The first kappa shape index (κ1) is 21.8. The Morgan fingerprint density at radius 3 is 2.72 bits per heavy atom. The standard InChI is InChI=1S/C19H20N6O5S2/c1-28-14-8-13(21-18(22-14)30-3)25-6-4-11-12(9-25)32-19(20-11)24-17(27)23-15-10(5-7-31-15)16(26)29-2/h5,7-8H,4,6,9H2,1-3H3,(H2,20,23,24,27). The summed E-state index contributed by atoms with van der Waals surface area (Å²) in [6.45, 7) is 1.28. The van der Waals surface area contributed by atoms with Crippen LogP contribution in [-0.2, 0) is 17.7 Å². The molecule has 4 rings (SSSR count). The van der Waals surface area contributed by atoms with E-state index < -0.39 is 12.0 Å². The van der Waals surface area contributed by atoms with Crippen LogP contribution in [0, 0.1) is 0 Å². The van der Waals surface area contributed by atoms with Crippen molar-refractivity contribution in [3.05, 3.63) is 33.6 Å². The van der Waals surface area contributed by atoms with Crippen molar-refractivity contribution in [2.75, 3.05) is 43.4 Å². The zero-order chi connectivity index (χ0) is 22.7. The van der Waals surface area contributed by atoms with E-state index in [0.29, 0.717) is 46.9 Å². The molecule has 0 atom stereocenters. The van der Waals surface area contributed by atoms with Gasteiger partial charge >= 0.3 is 18.0 Å². The van der Waals surface area contributed by atoms with Crippen molar-refractivity contribution in [3.63, 3.8) is 0 Å². The molecule has 3 aromatic heterocycles. The van der Waals surface area contributed by atoms with Crippen LogP contribution in [0.1, 0.15) is 20.9 Å². The highest BCUT2D eigenvalue weighted by Gasteiger charge is 2.24. The van der Waals surface area contributed by atoms with Crippen molar-refractivity contribution < 1.29 is 23.8 Å². The van der Waals surface area contributed by atoms with Crippen molar-refractivity contribution in [2.24, 2.45) is 0 Å². The topological polar surface area (TPSA) is 128 Å². The van der Waals surface area contributed by atoms with Gasteiger partial charge in [-0.05, 0) is 11.4 Å². The normalized spacial score (nSPS) is 12.7. The predicted molar refractivity (Wildman–Crippen MR) is 120 cm³/mol. The fourth-order valence-corrected chi connectivity index (χ4v) is 4.89. The smallest absolute Gasteiger partial charge is 0.340 e. The summed E-state index contributed by atoms with van der Waals surface area (Å²) in [6, 6.07) is 3.10. The Hall–Kier alpha value is -3.45. The van der Waals surface area contributed by atoms with Gasteiger partial charge in [-0.2, -0.15) is 9.97 Å². The molecule has 0 fully saturated rings. The van der Waals surface area contributed by atoms with E-state index in [1.54, 1.807) is 17.5 Å². The lowest BCUT2D eigenvalue weighted by Crippen LogP contribution is -2.30. The summed E-state index contributed by atoms with van der Waals surface area (Å²) in [6.07, 6.45) is 0.696. The fraction of sp³-hybridized carbons (Fsp3) is 0.316. The zero-order valence-corrected chi connectivity index (χ0v) is 19.1. The van der Waals surface area contributed by atoms with Crippen LogP contribution in [0.2, 0.25) is 0 Å². The lowest BCUT2D eigenvalue weighted by molar-refractivity contribution is 0.0602. The number of esters is 1. The first-order chi connectivity index (χ1) is 15.5. The lowest BCUT2D eigenvalue weighted by atomic mass is 10.2. The first-order valence-electron chi connectivity index (χ1n) is 9.45. The monoisotopic (exact) mass is 476 g/mol. The number of thiazole rings is 1. The van der Waals surface area contributed by atoms with Gasteiger partial charge in [0.25, 0.3) is 0 Å². The van der Waals surface area contributed by atoms with Crippen LogP contribution in [0.3, 0.4) is 0 Å². The summed E-state index contributed by atoms with van der Waals surface area (Å²) in [5.41, 5.74) is 1.23. The van der Waals surface area contributed by atoms with Gasteiger partial charge in [0, 0.05) is 23.9 Å². The lowest BCUT2D eigenvalue weighted by Gasteiger charge is -2.27. The third-order valence-corrected chi connectivity index (χ3v) is 6.46. The number of aromatic nitrogens is 3. The minimum atomic E-state index is -0.510. The molecule has 0 saturated carbocycles. The summed E-state index contributed by atoms with van der Waals surface area (Å²) in [4.78, 5) is 40.4. The van der Waals surface area contributed by atoms with E-state index in [2.05, 4.69) is 30.5 Å².